The van der Waals surface area contributed by atoms with E-state index in [0.29, 0.717) is 25.9 Å². The predicted octanol–water partition coefficient (Wildman–Crippen LogP) is 13.3. The molecule has 0 N–H and O–H groups in total. The Balaban J connectivity index is 0.844. The highest BCUT2D eigenvalue weighted by atomic mass is 32.1. The predicted molar refractivity (Wildman–Crippen MR) is 246 cm³/mol. The zero-order valence-electron chi connectivity index (χ0n) is 36.3. The van der Waals surface area contributed by atoms with Gasteiger partial charge in [-0.05, 0) is 67.4 Å². The largest absolute Gasteiger partial charge is 0.494 e. The molecule has 2 aromatic carbocycles. The number of carbonyl (C=O) groups excluding carboxylic acids is 2. The number of esters is 1. The van der Waals surface area contributed by atoms with E-state index in [4.69, 9.17) is 9.47 Å². The number of anilines is 2. The first-order chi connectivity index (χ1) is 28.6. The lowest BCUT2D eigenvalue weighted by Gasteiger charge is -2.36. The van der Waals surface area contributed by atoms with Gasteiger partial charge in [0.2, 0.25) is 5.91 Å². The number of carbonyl (C=O) groups is 2. The van der Waals surface area contributed by atoms with Gasteiger partial charge in [-0.25, -0.2) is 0 Å². The number of rotatable bonds is 31. The number of nitrogens with zero attached hydrogens (tertiary/aromatic N) is 3. The number of aryl methyl sites for hydroxylation is 1. The maximum Gasteiger partial charge on any atom is 0.307 e. The summed E-state index contributed by atoms with van der Waals surface area (Å²) in [4.78, 5) is 32.3. The molecule has 2 aliphatic rings. The molecule has 0 spiro atoms. The highest BCUT2D eigenvalue weighted by Gasteiger charge is 2.26. The molecule has 58 heavy (non-hydrogen) atoms. The minimum Gasteiger partial charge on any atom is -0.494 e. The monoisotopic (exact) mass is 816 g/mol. The van der Waals surface area contributed by atoms with Crippen LogP contribution in [0.1, 0.15) is 173 Å². The van der Waals surface area contributed by atoms with Crippen LogP contribution in [0.25, 0.3) is 10.1 Å². The van der Waals surface area contributed by atoms with Crippen LogP contribution in [0, 0.1) is 0 Å². The van der Waals surface area contributed by atoms with E-state index in [0.717, 1.165) is 75.4 Å². The van der Waals surface area contributed by atoms with Crippen molar-refractivity contribution in [3.8, 4) is 5.75 Å². The van der Waals surface area contributed by atoms with Gasteiger partial charge in [0.1, 0.15) is 5.75 Å². The molecule has 0 atom stereocenters. The number of thiophene rings is 1. The molecular formula is C50H77N3O4S. The van der Waals surface area contributed by atoms with E-state index < -0.39 is 0 Å². The third-order valence-corrected chi connectivity index (χ3v) is 13.3. The number of benzene rings is 2. The number of hydrogen-bond donors (Lipinski definition) is 0. The van der Waals surface area contributed by atoms with Crippen LogP contribution >= 0.6 is 11.3 Å². The first-order valence-corrected chi connectivity index (χ1v) is 24.7. The van der Waals surface area contributed by atoms with Crippen LogP contribution in [0.5, 0.6) is 5.75 Å². The highest BCUT2D eigenvalue weighted by molar-refractivity contribution is 7.17. The van der Waals surface area contributed by atoms with Crippen molar-refractivity contribution in [1.29, 1.82) is 0 Å². The molecule has 322 valence electrons. The molecule has 1 saturated heterocycles. The van der Waals surface area contributed by atoms with Crippen LogP contribution in [0.3, 0.4) is 0 Å². The van der Waals surface area contributed by atoms with Crippen LogP contribution in [0.2, 0.25) is 0 Å². The molecule has 7 nitrogen and oxygen atoms in total. The second-order valence-corrected chi connectivity index (χ2v) is 18.0. The van der Waals surface area contributed by atoms with E-state index in [1.165, 1.54) is 138 Å². The second kappa shape index (κ2) is 27.6. The van der Waals surface area contributed by atoms with E-state index in [-0.39, 0.29) is 18.6 Å². The Morgan fingerprint density at radius 3 is 1.91 bits per heavy atom. The molecule has 5 rings (SSSR count). The van der Waals surface area contributed by atoms with E-state index in [1.54, 1.807) is 4.90 Å². The average molecular weight is 816 g/mol. The smallest absolute Gasteiger partial charge is 0.307 e. The summed E-state index contributed by atoms with van der Waals surface area (Å²) in [5, 5.41) is 3.56. The molecule has 0 radical (unpaired) electrons. The molecule has 8 heteroatoms. The van der Waals surface area contributed by atoms with E-state index in [9.17, 15) is 9.59 Å². The van der Waals surface area contributed by atoms with Crippen LogP contribution in [-0.2, 0) is 20.7 Å². The fourth-order valence-electron chi connectivity index (χ4n) is 8.75. The zero-order valence-corrected chi connectivity index (χ0v) is 37.2. The van der Waals surface area contributed by atoms with E-state index >= 15 is 0 Å². The van der Waals surface area contributed by atoms with Crippen LogP contribution < -0.4 is 14.5 Å². The van der Waals surface area contributed by atoms with Crippen molar-refractivity contribution >= 4 is 44.7 Å². The zero-order chi connectivity index (χ0) is 40.5. The summed E-state index contributed by atoms with van der Waals surface area (Å²) in [7, 11) is 0. The molecule has 3 aromatic rings. The summed E-state index contributed by atoms with van der Waals surface area (Å²) in [6, 6.07) is 14.9. The topological polar surface area (TPSA) is 62.3 Å². The van der Waals surface area contributed by atoms with Gasteiger partial charge < -0.3 is 14.4 Å². The first-order valence-electron chi connectivity index (χ1n) is 23.8. The molecule has 3 heterocycles. The van der Waals surface area contributed by atoms with Crippen molar-refractivity contribution in [1.82, 2.24) is 4.90 Å². The number of ether oxygens (including phenoxy) is 2. The Hall–Kier alpha value is -3.10. The standard InChI is InChI=1S/C50H77N3O4S/c1-2-3-4-5-6-7-8-9-10-11-12-13-14-15-16-17-18-19-20-21-22-28-50(55)57-42-53-47-41-44(31-29-43(47)30-32-49(53)54)56-39-24-23-34-51-35-37-52(38-36-51)46-26-25-27-48-45(46)33-40-58-48/h25-27,29,31,33,40-41H,2-24,28,30,32,34-39,42H2,1H3. The number of amides is 1. The number of hydrogen-bond acceptors (Lipinski definition) is 7. The Morgan fingerprint density at radius 1 is 0.655 bits per heavy atom. The molecule has 0 bridgehead atoms. The maximum absolute atomic E-state index is 12.9. The number of unbranched alkanes of at least 4 members (excludes halogenated alkanes) is 21. The second-order valence-electron chi connectivity index (χ2n) is 17.1. The minimum absolute atomic E-state index is 0.00126. The summed E-state index contributed by atoms with van der Waals surface area (Å²) >= 11 is 1.81. The highest BCUT2D eigenvalue weighted by Crippen LogP contribution is 2.33. The van der Waals surface area contributed by atoms with Gasteiger partial charge in [0.05, 0.1) is 12.3 Å². The number of fused-ring (bicyclic) bond motifs is 2. The quantitative estimate of drug-likeness (QED) is 0.0476. The summed E-state index contributed by atoms with van der Waals surface area (Å²) in [5.41, 5.74) is 3.28. The van der Waals surface area contributed by atoms with Gasteiger partial charge in [-0.15, -0.1) is 11.3 Å². The number of piperazine rings is 1. The van der Waals surface area contributed by atoms with Gasteiger partial charge >= 0.3 is 5.97 Å². The Labute approximate surface area is 356 Å². The van der Waals surface area contributed by atoms with Gasteiger partial charge in [-0.3, -0.25) is 19.4 Å². The van der Waals surface area contributed by atoms with Crippen LogP contribution in [-0.4, -0.2) is 62.8 Å². The molecular weight excluding hydrogens is 739 g/mol. The lowest BCUT2D eigenvalue weighted by molar-refractivity contribution is -0.144. The SMILES string of the molecule is CCCCCCCCCCCCCCCCCCCCCCCC(=O)OCN1C(=O)CCc2ccc(OCCCCN3CCN(c4cccc5sccc45)CC3)cc21. The van der Waals surface area contributed by atoms with Crippen molar-refractivity contribution in [3.05, 3.63) is 53.4 Å². The van der Waals surface area contributed by atoms with E-state index in [2.05, 4.69) is 52.4 Å². The van der Waals surface area contributed by atoms with Crippen LogP contribution in [0.4, 0.5) is 11.4 Å². The van der Waals surface area contributed by atoms with Crippen molar-refractivity contribution in [2.75, 3.05) is 55.9 Å². The summed E-state index contributed by atoms with van der Waals surface area (Å²) < 4.78 is 13.2. The van der Waals surface area contributed by atoms with Crippen molar-refractivity contribution in [2.45, 2.75) is 174 Å². The van der Waals surface area contributed by atoms with Gasteiger partial charge in [0.25, 0.3) is 0 Å². The molecule has 1 aromatic heterocycles. The maximum atomic E-state index is 12.9. The van der Waals surface area contributed by atoms with Gasteiger partial charge in [-0.1, -0.05) is 147 Å². The van der Waals surface area contributed by atoms with Crippen molar-refractivity contribution in [3.63, 3.8) is 0 Å². The average Bonchev–Trinajstić information content (AvgIpc) is 3.73. The molecule has 0 aliphatic carbocycles. The first kappa shape index (κ1) is 46.0. The summed E-state index contributed by atoms with van der Waals surface area (Å²) in [5.74, 6) is 0.547. The normalized spacial score (nSPS) is 14.7. The van der Waals surface area contributed by atoms with Crippen molar-refractivity contribution in [2.24, 2.45) is 0 Å². The lowest BCUT2D eigenvalue weighted by atomic mass is 10.0. The van der Waals surface area contributed by atoms with E-state index in [1.807, 2.05) is 23.5 Å². The molecule has 1 fully saturated rings. The van der Waals surface area contributed by atoms with Gasteiger partial charge in [0, 0.05) is 60.9 Å². The third-order valence-electron chi connectivity index (χ3n) is 12.4. The third kappa shape index (κ3) is 16.5. The van der Waals surface area contributed by atoms with Crippen LogP contribution in [0.15, 0.2) is 47.8 Å². The summed E-state index contributed by atoms with van der Waals surface area (Å²) in [6.45, 7) is 8.28. The molecule has 2 aliphatic heterocycles. The Kier molecular flexibility index (Phi) is 21.9. The minimum atomic E-state index is -0.216. The molecule has 0 saturated carbocycles. The summed E-state index contributed by atoms with van der Waals surface area (Å²) in [6.07, 6.45) is 31.9. The fourth-order valence-corrected chi connectivity index (χ4v) is 9.56. The Morgan fingerprint density at radius 2 is 1.28 bits per heavy atom. The molecule has 1 amide bonds. The lowest BCUT2D eigenvalue weighted by Crippen LogP contribution is -2.46. The van der Waals surface area contributed by atoms with Gasteiger partial charge in [0.15, 0.2) is 6.73 Å². The fraction of sp³-hybridized carbons (Fsp3) is 0.680. The molecule has 0 unspecified atom stereocenters. The van der Waals surface area contributed by atoms with Gasteiger partial charge in [-0.2, -0.15) is 0 Å². The Bertz CT molecular complexity index is 1580. The van der Waals surface area contributed by atoms with Crippen molar-refractivity contribution < 1.29 is 19.1 Å².